The van der Waals surface area contributed by atoms with Gasteiger partial charge in [-0.1, -0.05) is 43.3 Å². The molecule has 3 aromatic rings. The molecule has 0 aliphatic carbocycles. The second-order valence-electron chi connectivity index (χ2n) is 6.39. The molecule has 0 atom stereocenters. The zero-order chi connectivity index (χ0) is 21.5. The lowest BCUT2D eigenvalue weighted by Crippen LogP contribution is -2.45. The minimum absolute atomic E-state index is 0.235. The van der Waals surface area contributed by atoms with Crippen LogP contribution in [0.2, 0.25) is 0 Å². The molecule has 0 aliphatic rings. The van der Waals surface area contributed by atoms with Gasteiger partial charge in [-0.15, -0.1) is 0 Å². The first-order chi connectivity index (χ1) is 14.5. The number of halogens is 2. The Labute approximate surface area is 191 Å². The normalized spacial score (nSPS) is 10.5. The Bertz CT molecular complexity index is 1070. The van der Waals surface area contributed by atoms with Crippen molar-refractivity contribution in [3.05, 3.63) is 69.1 Å². The topological polar surface area (TPSA) is 76.7 Å². The lowest BCUT2D eigenvalue weighted by Gasteiger charge is -2.12. The van der Waals surface area contributed by atoms with Gasteiger partial charge in [0, 0.05) is 0 Å². The lowest BCUT2D eigenvalue weighted by molar-refractivity contribution is -0.131. The first-order valence-electron chi connectivity index (χ1n) is 9.27. The van der Waals surface area contributed by atoms with Crippen molar-refractivity contribution in [1.29, 1.82) is 0 Å². The first kappa shape index (κ1) is 22.1. The highest BCUT2D eigenvalue weighted by Crippen LogP contribution is 2.33. The van der Waals surface area contributed by atoms with Crippen LogP contribution in [0.4, 0.5) is 0 Å². The molecule has 0 spiro atoms. The number of hydrogen-bond acceptors (Lipinski definition) is 4. The van der Waals surface area contributed by atoms with Gasteiger partial charge in [-0.05, 0) is 72.8 Å². The van der Waals surface area contributed by atoms with Crippen LogP contribution in [-0.2, 0) is 16.0 Å². The first-order valence-corrected chi connectivity index (χ1v) is 10.9. The molecule has 8 heteroatoms. The van der Waals surface area contributed by atoms with Crippen LogP contribution in [-0.4, -0.2) is 25.0 Å². The summed E-state index contributed by atoms with van der Waals surface area (Å²) < 4.78 is 12.6. The summed E-state index contributed by atoms with van der Waals surface area (Å²) >= 11 is 6.92. The van der Waals surface area contributed by atoms with Gasteiger partial charge in [0.05, 0.1) is 8.95 Å². The largest absolute Gasteiger partial charge is 0.483 e. The standard InChI is InChI=1S/C22H20Br2N2O4/c1-2-14-7-9-18(17(23)11-14)29-12-20(27)25-26-21(28)13-30-19-10-8-15-5-3-4-6-16(15)22(19)24/h3-11H,2,12-13H2,1H3,(H,25,27)(H,26,28). The van der Waals surface area contributed by atoms with E-state index >= 15 is 0 Å². The monoisotopic (exact) mass is 534 g/mol. The van der Waals surface area contributed by atoms with Crippen molar-refractivity contribution >= 4 is 54.4 Å². The van der Waals surface area contributed by atoms with Crippen LogP contribution >= 0.6 is 31.9 Å². The van der Waals surface area contributed by atoms with E-state index in [0.29, 0.717) is 11.5 Å². The molecule has 0 bridgehead atoms. The van der Waals surface area contributed by atoms with Crippen LogP contribution in [0.3, 0.4) is 0 Å². The third kappa shape index (κ3) is 5.73. The summed E-state index contributed by atoms with van der Waals surface area (Å²) in [6.07, 6.45) is 0.906. The van der Waals surface area contributed by atoms with Crippen molar-refractivity contribution in [3.63, 3.8) is 0 Å². The number of fused-ring (bicyclic) bond motifs is 1. The van der Waals surface area contributed by atoms with E-state index in [2.05, 4.69) is 49.6 Å². The molecule has 0 heterocycles. The average molecular weight is 536 g/mol. The molecule has 156 valence electrons. The van der Waals surface area contributed by atoms with E-state index in [4.69, 9.17) is 9.47 Å². The molecule has 0 aromatic heterocycles. The smallest absolute Gasteiger partial charge is 0.276 e. The molecule has 2 amide bonds. The summed E-state index contributed by atoms with van der Waals surface area (Å²) in [6.45, 7) is 1.57. The van der Waals surface area contributed by atoms with Crippen LogP contribution in [0.25, 0.3) is 10.8 Å². The molecule has 0 aliphatic heterocycles. The zero-order valence-electron chi connectivity index (χ0n) is 16.2. The van der Waals surface area contributed by atoms with Gasteiger partial charge in [0.2, 0.25) is 0 Å². The molecule has 6 nitrogen and oxygen atoms in total. The number of carbonyl (C=O) groups excluding carboxylic acids is 2. The highest BCUT2D eigenvalue weighted by atomic mass is 79.9. The van der Waals surface area contributed by atoms with Gasteiger partial charge >= 0.3 is 0 Å². The van der Waals surface area contributed by atoms with E-state index < -0.39 is 11.8 Å². The molecule has 30 heavy (non-hydrogen) atoms. The van der Waals surface area contributed by atoms with Crippen molar-refractivity contribution in [1.82, 2.24) is 10.9 Å². The predicted molar refractivity (Wildman–Crippen MR) is 122 cm³/mol. The van der Waals surface area contributed by atoms with Gasteiger partial charge in [0.15, 0.2) is 13.2 Å². The molecule has 0 radical (unpaired) electrons. The van der Waals surface area contributed by atoms with Gasteiger partial charge in [-0.3, -0.25) is 20.4 Å². The fourth-order valence-electron chi connectivity index (χ4n) is 2.70. The van der Waals surface area contributed by atoms with E-state index in [-0.39, 0.29) is 13.2 Å². The van der Waals surface area contributed by atoms with Gasteiger partial charge in [-0.2, -0.15) is 0 Å². The van der Waals surface area contributed by atoms with Crippen LogP contribution in [0.15, 0.2) is 63.5 Å². The molecular weight excluding hydrogens is 516 g/mol. The third-order valence-electron chi connectivity index (χ3n) is 4.29. The van der Waals surface area contributed by atoms with Crippen LogP contribution in [0.5, 0.6) is 11.5 Å². The second kappa shape index (κ2) is 10.4. The molecule has 0 saturated carbocycles. The van der Waals surface area contributed by atoms with Crippen LogP contribution in [0.1, 0.15) is 12.5 Å². The summed E-state index contributed by atoms with van der Waals surface area (Å²) in [6, 6.07) is 17.2. The maximum Gasteiger partial charge on any atom is 0.276 e. The maximum atomic E-state index is 12.0. The quantitative estimate of drug-likeness (QED) is 0.436. The number of hydrazine groups is 1. The summed E-state index contributed by atoms with van der Waals surface area (Å²) in [5.41, 5.74) is 5.77. The Morgan fingerprint density at radius 3 is 2.17 bits per heavy atom. The van der Waals surface area contributed by atoms with Crippen molar-refractivity contribution < 1.29 is 19.1 Å². The fraction of sp³-hybridized carbons (Fsp3) is 0.182. The molecule has 3 rings (SSSR count). The highest BCUT2D eigenvalue weighted by Gasteiger charge is 2.10. The third-order valence-corrected chi connectivity index (χ3v) is 5.73. The number of nitrogens with one attached hydrogen (secondary N) is 2. The van der Waals surface area contributed by atoms with E-state index in [9.17, 15) is 9.59 Å². The summed E-state index contributed by atoms with van der Waals surface area (Å²) in [5, 5.41) is 2.04. The minimum atomic E-state index is -0.489. The maximum absolute atomic E-state index is 12.0. The van der Waals surface area contributed by atoms with Gasteiger partial charge in [0.25, 0.3) is 11.8 Å². The second-order valence-corrected chi connectivity index (χ2v) is 8.04. The SMILES string of the molecule is CCc1ccc(OCC(=O)NNC(=O)COc2ccc3ccccc3c2Br)c(Br)c1. The Hall–Kier alpha value is -2.58. The van der Waals surface area contributed by atoms with Gasteiger partial charge in [-0.25, -0.2) is 0 Å². The lowest BCUT2D eigenvalue weighted by atomic mass is 10.1. The Balaban J connectivity index is 1.44. The van der Waals surface area contributed by atoms with Crippen LogP contribution < -0.4 is 20.3 Å². The summed E-state index contributed by atoms with van der Waals surface area (Å²) in [7, 11) is 0. The number of benzene rings is 3. The number of ether oxygens (including phenoxy) is 2. The summed E-state index contributed by atoms with van der Waals surface area (Å²) in [5.74, 6) is 0.121. The van der Waals surface area contributed by atoms with Crippen LogP contribution in [0, 0.1) is 0 Å². The Morgan fingerprint density at radius 1 is 0.867 bits per heavy atom. The Kier molecular flexibility index (Phi) is 7.70. The molecule has 0 unspecified atom stereocenters. The van der Waals surface area contributed by atoms with Gasteiger partial charge in [0.1, 0.15) is 11.5 Å². The zero-order valence-corrected chi connectivity index (χ0v) is 19.4. The van der Waals surface area contributed by atoms with Crippen molar-refractivity contribution in [2.24, 2.45) is 0 Å². The highest BCUT2D eigenvalue weighted by molar-refractivity contribution is 9.11. The molecule has 0 fully saturated rings. The molecule has 2 N–H and O–H groups in total. The van der Waals surface area contributed by atoms with Crippen molar-refractivity contribution in [3.8, 4) is 11.5 Å². The van der Waals surface area contributed by atoms with Crippen molar-refractivity contribution in [2.45, 2.75) is 13.3 Å². The number of amides is 2. The van der Waals surface area contributed by atoms with E-state index in [0.717, 1.165) is 31.7 Å². The van der Waals surface area contributed by atoms with E-state index in [1.165, 1.54) is 0 Å². The predicted octanol–water partition coefficient (Wildman–Crippen LogP) is 4.53. The summed E-state index contributed by atoms with van der Waals surface area (Å²) in [4.78, 5) is 23.9. The number of rotatable bonds is 7. The number of aryl methyl sites for hydroxylation is 1. The fourth-order valence-corrected chi connectivity index (χ4v) is 3.85. The van der Waals surface area contributed by atoms with E-state index in [1.54, 1.807) is 12.1 Å². The van der Waals surface area contributed by atoms with Crippen molar-refractivity contribution in [2.75, 3.05) is 13.2 Å². The number of hydrogen-bond donors (Lipinski definition) is 2. The minimum Gasteiger partial charge on any atom is -0.483 e. The Morgan fingerprint density at radius 2 is 1.50 bits per heavy atom. The van der Waals surface area contributed by atoms with Gasteiger partial charge < -0.3 is 9.47 Å². The molecular formula is C22H20Br2N2O4. The molecule has 0 saturated heterocycles. The number of carbonyl (C=O) groups is 2. The average Bonchev–Trinajstić information content (AvgIpc) is 2.76. The molecule has 3 aromatic carbocycles. The van der Waals surface area contributed by atoms with E-state index in [1.807, 2.05) is 42.5 Å².